The molecule has 2 rings (SSSR count). The van der Waals surface area contributed by atoms with Crippen molar-refractivity contribution in [2.24, 2.45) is 0 Å². The Hall–Kier alpha value is -1.99. The van der Waals surface area contributed by atoms with Crippen molar-refractivity contribution >= 4 is 21.6 Å². The van der Waals surface area contributed by atoms with E-state index in [2.05, 4.69) is 27.3 Å². The van der Waals surface area contributed by atoms with E-state index in [9.17, 15) is 0 Å². The first kappa shape index (κ1) is 13.4. The van der Waals surface area contributed by atoms with Crippen molar-refractivity contribution in [3.05, 3.63) is 58.1 Å². The van der Waals surface area contributed by atoms with Gasteiger partial charge >= 0.3 is 0 Å². The molecule has 0 saturated heterocycles. The zero-order valence-electron chi connectivity index (χ0n) is 10.5. The second-order valence-corrected chi connectivity index (χ2v) is 4.83. The minimum Gasteiger partial charge on any atom is -0.496 e. The van der Waals surface area contributed by atoms with Crippen molar-refractivity contribution in [3.63, 3.8) is 0 Å². The first-order chi connectivity index (χ1) is 9.24. The van der Waals surface area contributed by atoms with Gasteiger partial charge in [-0.3, -0.25) is 0 Å². The zero-order valence-corrected chi connectivity index (χ0v) is 12.1. The van der Waals surface area contributed by atoms with Gasteiger partial charge in [0.2, 0.25) is 0 Å². The molecule has 96 valence electrons. The molecule has 0 aliphatic carbocycles. The first-order valence-electron chi connectivity index (χ1n) is 5.80. The molecule has 1 N–H and O–H groups in total. The summed E-state index contributed by atoms with van der Waals surface area (Å²) in [7, 11) is 1.64. The molecule has 0 aliphatic heterocycles. The van der Waals surface area contributed by atoms with Gasteiger partial charge in [0, 0.05) is 6.54 Å². The highest BCUT2D eigenvalue weighted by Gasteiger charge is 2.03. The van der Waals surface area contributed by atoms with Gasteiger partial charge in [0.25, 0.3) is 0 Å². The number of halogens is 1. The third-order valence-corrected chi connectivity index (χ3v) is 3.37. The summed E-state index contributed by atoms with van der Waals surface area (Å²) in [5.74, 6) is 0.807. The molecule has 0 atom stereocenters. The number of anilines is 1. The molecular formula is C15H13BrN2O. The van der Waals surface area contributed by atoms with Crippen LogP contribution in [-0.2, 0) is 6.54 Å². The predicted molar refractivity (Wildman–Crippen MR) is 79.2 cm³/mol. The van der Waals surface area contributed by atoms with Crippen LogP contribution in [0.4, 0.5) is 5.69 Å². The third-order valence-electron chi connectivity index (χ3n) is 2.75. The van der Waals surface area contributed by atoms with Crippen LogP contribution in [0.5, 0.6) is 5.75 Å². The molecule has 0 aromatic heterocycles. The molecule has 0 radical (unpaired) electrons. The molecule has 0 heterocycles. The van der Waals surface area contributed by atoms with Gasteiger partial charge in [0.15, 0.2) is 0 Å². The fourth-order valence-electron chi connectivity index (χ4n) is 1.75. The molecule has 0 unspecified atom stereocenters. The lowest BCUT2D eigenvalue weighted by Gasteiger charge is -2.09. The fraction of sp³-hybridized carbons (Fsp3) is 0.133. The lowest BCUT2D eigenvalue weighted by Crippen LogP contribution is -2.01. The van der Waals surface area contributed by atoms with Crippen LogP contribution in [0.25, 0.3) is 0 Å². The fourth-order valence-corrected chi connectivity index (χ4v) is 2.34. The summed E-state index contributed by atoms with van der Waals surface area (Å²) in [5.41, 5.74) is 2.60. The standard InChI is InChI=1S/C15H13BrN2O/c1-19-15-7-6-11(8-13(15)16)10-18-14-5-3-2-4-12(14)9-17/h2-8,18H,10H2,1H3. The average molecular weight is 317 g/mol. The largest absolute Gasteiger partial charge is 0.496 e. The molecule has 0 saturated carbocycles. The van der Waals surface area contributed by atoms with E-state index in [0.717, 1.165) is 21.5 Å². The number of nitriles is 1. The normalized spacial score (nSPS) is 9.74. The Bertz CT molecular complexity index is 620. The van der Waals surface area contributed by atoms with E-state index < -0.39 is 0 Å². The van der Waals surface area contributed by atoms with Gasteiger partial charge in [-0.15, -0.1) is 0 Å². The van der Waals surface area contributed by atoms with Crippen LogP contribution in [-0.4, -0.2) is 7.11 Å². The summed E-state index contributed by atoms with van der Waals surface area (Å²) >= 11 is 3.46. The smallest absolute Gasteiger partial charge is 0.133 e. The molecule has 0 fully saturated rings. The van der Waals surface area contributed by atoms with Crippen LogP contribution in [0, 0.1) is 11.3 Å². The summed E-state index contributed by atoms with van der Waals surface area (Å²) in [5, 5.41) is 12.3. The molecule has 2 aromatic carbocycles. The maximum atomic E-state index is 9.01. The maximum absolute atomic E-state index is 9.01. The Balaban J connectivity index is 2.11. The predicted octanol–water partition coefficient (Wildman–Crippen LogP) is 3.94. The van der Waals surface area contributed by atoms with Gasteiger partial charge in [-0.1, -0.05) is 18.2 Å². The van der Waals surface area contributed by atoms with E-state index in [-0.39, 0.29) is 0 Å². The Kier molecular flexibility index (Phi) is 4.43. The third kappa shape index (κ3) is 3.27. The van der Waals surface area contributed by atoms with Gasteiger partial charge in [-0.25, -0.2) is 0 Å². The molecule has 2 aromatic rings. The summed E-state index contributed by atoms with van der Waals surface area (Å²) in [6.07, 6.45) is 0. The summed E-state index contributed by atoms with van der Waals surface area (Å²) in [4.78, 5) is 0. The zero-order chi connectivity index (χ0) is 13.7. The number of nitrogens with one attached hydrogen (secondary N) is 1. The number of benzene rings is 2. The lowest BCUT2D eigenvalue weighted by molar-refractivity contribution is 0.412. The first-order valence-corrected chi connectivity index (χ1v) is 6.59. The topological polar surface area (TPSA) is 45.0 Å². The highest BCUT2D eigenvalue weighted by atomic mass is 79.9. The Morgan fingerprint density at radius 3 is 2.74 bits per heavy atom. The average Bonchev–Trinajstić information content (AvgIpc) is 2.45. The maximum Gasteiger partial charge on any atom is 0.133 e. The number of ether oxygens (including phenoxy) is 1. The van der Waals surface area contributed by atoms with E-state index in [0.29, 0.717) is 12.1 Å². The van der Waals surface area contributed by atoms with Crippen molar-refractivity contribution in [1.82, 2.24) is 0 Å². The van der Waals surface area contributed by atoms with Crippen LogP contribution < -0.4 is 10.1 Å². The van der Waals surface area contributed by atoms with E-state index in [1.54, 1.807) is 13.2 Å². The molecule has 0 spiro atoms. The molecular weight excluding hydrogens is 304 g/mol. The number of hydrogen-bond acceptors (Lipinski definition) is 3. The molecule has 3 nitrogen and oxygen atoms in total. The second-order valence-electron chi connectivity index (χ2n) is 3.98. The number of nitrogens with zero attached hydrogens (tertiary/aromatic N) is 1. The quantitative estimate of drug-likeness (QED) is 0.929. The molecule has 4 heteroatoms. The monoisotopic (exact) mass is 316 g/mol. The number of methoxy groups -OCH3 is 1. The van der Waals surface area contributed by atoms with E-state index in [1.807, 2.05) is 36.4 Å². The van der Waals surface area contributed by atoms with Crippen molar-refractivity contribution in [2.45, 2.75) is 6.54 Å². The van der Waals surface area contributed by atoms with Gasteiger partial charge in [0.05, 0.1) is 22.8 Å². The molecule has 0 aliphatic rings. The molecule has 0 bridgehead atoms. The SMILES string of the molecule is COc1ccc(CNc2ccccc2C#N)cc1Br. The van der Waals surface area contributed by atoms with Crippen molar-refractivity contribution < 1.29 is 4.74 Å². The molecule has 0 amide bonds. The van der Waals surface area contributed by atoms with Crippen molar-refractivity contribution in [1.29, 1.82) is 5.26 Å². The van der Waals surface area contributed by atoms with Crippen LogP contribution in [0.3, 0.4) is 0 Å². The summed E-state index contributed by atoms with van der Waals surface area (Å²) in [6.45, 7) is 0.654. The minimum atomic E-state index is 0.648. The molecule has 19 heavy (non-hydrogen) atoms. The van der Waals surface area contributed by atoms with E-state index in [4.69, 9.17) is 10.00 Å². The van der Waals surface area contributed by atoms with E-state index in [1.165, 1.54) is 0 Å². The van der Waals surface area contributed by atoms with Gasteiger partial charge in [-0.05, 0) is 45.8 Å². The van der Waals surface area contributed by atoms with Crippen molar-refractivity contribution in [2.75, 3.05) is 12.4 Å². The van der Waals surface area contributed by atoms with Crippen LogP contribution in [0.15, 0.2) is 46.9 Å². The van der Waals surface area contributed by atoms with E-state index >= 15 is 0 Å². The summed E-state index contributed by atoms with van der Waals surface area (Å²) in [6, 6.07) is 15.5. The van der Waals surface area contributed by atoms with Gasteiger partial charge < -0.3 is 10.1 Å². The second kappa shape index (κ2) is 6.26. The number of para-hydroxylation sites is 1. The minimum absolute atomic E-state index is 0.648. The number of hydrogen-bond donors (Lipinski definition) is 1. The van der Waals surface area contributed by atoms with Crippen LogP contribution in [0.1, 0.15) is 11.1 Å². The lowest BCUT2D eigenvalue weighted by atomic mass is 10.1. The van der Waals surface area contributed by atoms with Crippen LogP contribution >= 0.6 is 15.9 Å². The highest BCUT2D eigenvalue weighted by Crippen LogP contribution is 2.26. The van der Waals surface area contributed by atoms with Crippen LogP contribution in [0.2, 0.25) is 0 Å². The van der Waals surface area contributed by atoms with Crippen molar-refractivity contribution in [3.8, 4) is 11.8 Å². The number of rotatable bonds is 4. The highest BCUT2D eigenvalue weighted by molar-refractivity contribution is 9.10. The van der Waals surface area contributed by atoms with Gasteiger partial charge in [-0.2, -0.15) is 5.26 Å². The Labute approximate surface area is 121 Å². The Morgan fingerprint density at radius 1 is 1.26 bits per heavy atom. The Morgan fingerprint density at radius 2 is 2.05 bits per heavy atom. The summed E-state index contributed by atoms with van der Waals surface area (Å²) < 4.78 is 6.11. The van der Waals surface area contributed by atoms with Gasteiger partial charge in [0.1, 0.15) is 11.8 Å².